The van der Waals surface area contributed by atoms with Crippen molar-refractivity contribution in [2.24, 2.45) is 5.73 Å². The summed E-state index contributed by atoms with van der Waals surface area (Å²) in [6.45, 7) is 1.22. The molecule has 0 unspecified atom stereocenters. The van der Waals surface area contributed by atoms with Gasteiger partial charge >= 0.3 is 12.0 Å². The quantitative estimate of drug-likeness (QED) is 0.324. The van der Waals surface area contributed by atoms with Gasteiger partial charge in [0.1, 0.15) is 11.3 Å². The lowest BCUT2D eigenvalue weighted by atomic mass is 10.0. The van der Waals surface area contributed by atoms with Crippen molar-refractivity contribution in [3.05, 3.63) is 57.2 Å². The van der Waals surface area contributed by atoms with Crippen LogP contribution in [-0.2, 0) is 34.1 Å². The van der Waals surface area contributed by atoms with E-state index in [1.54, 1.807) is 4.90 Å². The van der Waals surface area contributed by atoms with Gasteiger partial charge in [-0.3, -0.25) is 9.48 Å². The summed E-state index contributed by atoms with van der Waals surface area (Å²) in [4.78, 5) is 32.5. The highest BCUT2D eigenvalue weighted by Crippen LogP contribution is 2.51. The number of nitrogens with two attached hydrogens (primary N) is 1. The minimum absolute atomic E-state index is 0.0138. The fourth-order valence-electron chi connectivity index (χ4n) is 5.35. The van der Waals surface area contributed by atoms with Gasteiger partial charge in [-0.05, 0) is 62.6 Å². The zero-order chi connectivity index (χ0) is 28.1. The molecular formula is C28H34N5O6S+. The van der Waals surface area contributed by atoms with Gasteiger partial charge in [-0.2, -0.15) is 5.10 Å². The minimum atomic E-state index is -3.28. The van der Waals surface area contributed by atoms with E-state index >= 15 is 0 Å². The Morgan fingerprint density at radius 2 is 1.90 bits per heavy atom. The monoisotopic (exact) mass is 568 g/mol. The van der Waals surface area contributed by atoms with Crippen LogP contribution in [0.2, 0.25) is 0 Å². The number of nitrogens with zero attached hydrogens (tertiary/aromatic N) is 4. The molecule has 212 valence electrons. The topological polar surface area (TPSA) is 149 Å². The largest absolute Gasteiger partial charge is 0.453 e. The summed E-state index contributed by atoms with van der Waals surface area (Å²) in [6, 6.07) is 10.4. The van der Waals surface area contributed by atoms with Crippen molar-refractivity contribution in [2.75, 3.05) is 26.2 Å². The molecule has 0 radical (unpaired) electrons. The van der Waals surface area contributed by atoms with E-state index in [4.69, 9.17) is 10.5 Å². The Labute approximate surface area is 233 Å². The molecule has 0 spiro atoms. The van der Waals surface area contributed by atoms with Crippen LogP contribution in [0.4, 0.5) is 0 Å². The van der Waals surface area contributed by atoms with Crippen LogP contribution in [0.15, 0.2) is 24.3 Å². The Morgan fingerprint density at radius 1 is 1.18 bits per heavy atom. The van der Waals surface area contributed by atoms with E-state index < -0.39 is 26.2 Å². The summed E-state index contributed by atoms with van der Waals surface area (Å²) in [7, 11) is -3.28. The molecule has 6 rings (SSSR count). The SMILES string of the molecule is NCc1ccc(C#[N+]CCOC(=O)c2nn(CC3(O)CC3)c3c2CCN(CC2(S(=O)(=O)C4CC4)CC2)C3=O)cc1. The highest BCUT2D eigenvalue weighted by atomic mass is 32.2. The number of carbonyl (C=O) groups excluding carboxylic acids is 2. The smallest absolute Gasteiger partial charge is 0.359 e. The second kappa shape index (κ2) is 9.98. The van der Waals surface area contributed by atoms with Gasteiger partial charge in [0.05, 0.1) is 22.1 Å². The van der Waals surface area contributed by atoms with Gasteiger partial charge in [-0.1, -0.05) is 17.0 Å². The van der Waals surface area contributed by atoms with Gasteiger partial charge in [-0.25, -0.2) is 13.2 Å². The minimum Gasteiger partial charge on any atom is -0.453 e. The van der Waals surface area contributed by atoms with E-state index in [-0.39, 0.29) is 48.8 Å². The molecule has 0 saturated heterocycles. The van der Waals surface area contributed by atoms with Crippen LogP contribution in [-0.4, -0.2) is 81.9 Å². The third kappa shape index (κ3) is 5.13. The van der Waals surface area contributed by atoms with Gasteiger partial charge in [0.2, 0.25) is 0 Å². The maximum Gasteiger partial charge on any atom is 0.359 e. The maximum absolute atomic E-state index is 13.7. The number of hydrogen-bond acceptors (Lipinski definition) is 8. The van der Waals surface area contributed by atoms with Crippen molar-refractivity contribution < 1.29 is 27.9 Å². The summed E-state index contributed by atoms with van der Waals surface area (Å²) < 4.78 is 32.1. The van der Waals surface area contributed by atoms with Crippen molar-refractivity contribution in [3.8, 4) is 6.07 Å². The molecule has 3 saturated carbocycles. The zero-order valence-electron chi connectivity index (χ0n) is 22.3. The number of aliphatic hydroxyl groups is 1. The summed E-state index contributed by atoms with van der Waals surface area (Å²) in [5.74, 6) is -1.01. The van der Waals surface area contributed by atoms with Crippen molar-refractivity contribution in [1.29, 1.82) is 0 Å². The average Bonchev–Trinajstić information content (AvgIpc) is 3.82. The molecule has 0 bridgehead atoms. The molecule has 3 aliphatic carbocycles. The summed E-state index contributed by atoms with van der Waals surface area (Å²) in [5, 5.41) is 14.7. The molecule has 0 atom stereocenters. The lowest BCUT2D eigenvalue weighted by Crippen LogP contribution is -2.47. The molecule has 12 heteroatoms. The summed E-state index contributed by atoms with van der Waals surface area (Å²) in [6.07, 6.45) is 4.07. The molecule has 3 N–H and O–H groups in total. The average molecular weight is 569 g/mol. The molecule has 1 aliphatic heterocycles. The van der Waals surface area contributed by atoms with Crippen molar-refractivity contribution >= 4 is 21.7 Å². The van der Waals surface area contributed by atoms with Crippen LogP contribution in [0.5, 0.6) is 0 Å². The van der Waals surface area contributed by atoms with Crippen LogP contribution in [0.25, 0.3) is 4.85 Å². The standard InChI is InChI=1S/C28H34N5O6S/c29-15-19-1-3-20(4-2-19)16-30-12-14-39-26(35)23-22-7-13-32(18-28(10-11-28)40(37,38)21-5-6-21)25(34)24(22)33(31-23)17-27(36)8-9-27/h1-4,21,36H,5-15,17-18,29H2/q+1. The predicted octanol–water partition coefficient (Wildman–Crippen LogP) is 1.51. The number of rotatable bonds is 10. The number of carbonyl (C=O) groups is 2. The predicted molar refractivity (Wildman–Crippen MR) is 146 cm³/mol. The molecule has 40 heavy (non-hydrogen) atoms. The number of sulfone groups is 1. The summed E-state index contributed by atoms with van der Waals surface area (Å²) in [5.41, 5.74) is 7.23. The first kappa shape index (κ1) is 26.9. The van der Waals surface area contributed by atoms with Gasteiger partial charge < -0.3 is 20.5 Å². The second-order valence-corrected chi connectivity index (χ2v) is 14.1. The molecule has 11 nitrogen and oxygen atoms in total. The van der Waals surface area contributed by atoms with Gasteiger partial charge in [-0.15, -0.1) is 0 Å². The Balaban J connectivity index is 1.15. The third-order valence-corrected chi connectivity index (χ3v) is 11.4. The normalized spacial score (nSPS) is 20.4. The number of hydrogen-bond donors (Lipinski definition) is 2. The van der Waals surface area contributed by atoms with Crippen LogP contribution >= 0.6 is 0 Å². The molecule has 1 amide bonds. The van der Waals surface area contributed by atoms with E-state index in [9.17, 15) is 23.1 Å². The van der Waals surface area contributed by atoms with E-state index in [0.717, 1.165) is 11.1 Å². The fourth-order valence-corrected chi connectivity index (χ4v) is 7.82. The van der Waals surface area contributed by atoms with Crippen molar-refractivity contribution in [3.63, 3.8) is 0 Å². The third-order valence-electron chi connectivity index (χ3n) is 8.32. The second-order valence-electron chi connectivity index (χ2n) is 11.5. The van der Waals surface area contributed by atoms with E-state index in [0.29, 0.717) is 63.6 Å². The van der Waals surface area contributed by atoms with Gasteiger partial charge in [0.15, 0.2) is 22.1 Å². The number of esters is 1. The molecule has 4 aliphatic rings. The van der Waals surface area contributed by atoms with Crippen molar-refractivity contribution in [1.82, 2.24) is 14.7 Å². The fraction of sp³-hybridized carbons (Fsp3) is 0.571. The number of aromatic nitrogens is 2. The first-order valence-electron chi connectivity index (χ1n) is 13.9. The zero-order valence-corrected chi connectivity index (χ0v) is 23.2. The maximum atomic E-state index is 13.7. The van der Waals surface area contributed by atoms with Crippen LogP contribution < -0.4 is 5.73 Å². The number of ether oxygens (including phenoxy) is 1. The summed E-state index contributed by atoms with van der Waals surface area (Å²) >= 11 is 0. The van der Waals surface area contributed by atoms with E-state index in [1.807, 2.05) is 24.3 Å². The Hall–Kier alpha value is -3.27. The first-order valence-corrected chi connectivity index (χ1v) is 15.4. The molecule has 1 aromatic heterocycles. The van der Waals surface area contributed by atoms with E-state index in [1.165, 1.54) is 4.68 Å². The van der Waals surface area contributed by atoms with Crippen LogP contribution in [0.3, 0.4) is 0 Å². The highest BCUT2D eigenvalue weighted by molar-refractivity contribution is 7.94. The first-order chi connectivity index (χ1) is 19.1. The Kier molecular flexibility index (Phi) is 6.71. The van der Waals surface area contributed by atoms with Crippen LogP contribution in [0, 0.1) is 6.07 Å². The van der Waals surface area contributed by atoms with E-state index in [2.05, 4.69) is 16.0 Å². The van der Waals surface area contributed by atoms with Gasteiger partial charge in [0, 0.05) is 25.2 Å². The molecule has 2 aromatic rings. The van der Waals surface area contributed by atoms with Crippen molar-refractivity contribution in [2.45, 2.75) is 73.6 Å². The number of fused-ring (bicyclic) bond motifs is 1. The lowest BCUT2D eigenvalue weighted by molar-refractivity contribution is 0.0512. The highest BCUT2D eigenvalue weighted by Gasteiger charge is 2.60. The molecule has 2 heterocycles. The van der Waals surface area contributed by atoms with Crippen LogP contribution in [0.1, 0.15) is 76.2 Å². The Morgan fingerprint density at radius 3 is 2.52 bits per heavy atom. The number of benzene rings is 1. The Bertz CT molecular complexity index is 1510. The lowest BCUT2D eigenvalue weighted by Gasteiger charge is -2.31. The van der Waals surface area contributed by atoms with Gasteiger partial charge in [0.25, 0.3) is 12.5 Å². The molecule has 1 aromatic carbocycles. The molecule has 3 fully saturated rings. The molecular weight excluding hydrogens is 534 g/mol. The number of amides is 1.